The highest BCUT2D eigenvalue weighted by atomic mass is 28.3. The van der Waals surface area contributed by atoms with E-state index in [2.05, 4.69) is 31.1 Å². The number of methoxy groups -OCH3 is 1. The molecule has 1 aliphatic heterocycles. The van der Waals surface area contributed by atoms with Crippen LogP contribution >= 0.6 is 0 Å². The van der Waals surface area contributed by atoms with Crippen molar-refractivity contribution in [1.82, 2.24) is 0 Å². The molecule has 0 aromatic heterocycles. The second kappa shape index (κ2) is 4.37. The lowest BCUT2D eigenvalue weighted by Crippen LogP contribution is -2.41. The van der Waals surface area contributed by atoms with Crippen LogP contribution in [0.3, 0.4) is 0 Å². The van der Waals surface area contributed by atoms with E-state index in [4.69, 9.17) is 9.47 Å². The summed E-state index contributed by atoms with van der Waals surface area (Å²) in [7, 11) is -0.170. The van der Waals surface area contributed by atoms with Crippen LogP contribution in [-0.2, 0) is 14.3 Å². The number of ether oxygens (including phenoxy) is 2. The number of esters is 1. The molecule has 100 valence electrons. The van der Waals surface area contributed by atoms with Crippen molar-refractivity contribution in [3.63, 3.8) is 0 Å². The Labute approximate surface area is 109 Å². The number of aliphatic hydroxyl groups is 1. The Kier molecular flexibility index (Phi) is 3.30. The summed E-state index contributed by atoms with van der Waals surface area (Å²) in [5.74, 6) is 2.29. The standard InChI is InChI=1S/C13H20O4Si/c1-16-12(14)9-7-13(15,5-6-18(2,3)4)8-10-11(9)17-10/h9-11,15H,7-8H2,1-4H3/t9-,10?,11?,13-/m0/s1. The number of carbonyl (C=O) groups excluding carboxylic acids is 1. The van der Waals surface area contributed by atoms with Crippen molar-refractivity contribution in [3.05, 3.63) is 0 Å². The van der Waals surface area contributed by atoms with Gasteiger partial charge in [0.2, 0.25) is 0 Å². The van der Waals surface area contributed by atoms with E-state index in [9.17, 15) is 9.90 Å². The van der Waals surface area contributed by atoms with Crippen molar-refractivity contribution in [1.29, 1.82) is 0 Å². The minimum atomic E-state index is -1.53. The molecule has 1 heterocycles. The summed E-state index contributed by atoms with van der Waals surface area (Å²) in [6, 6.07) is 0. The minimum absolute atomic E-state index is 0.0382. The van der Waals surface area contributed by atoms with Gasteiger partial charge in [-0.2, -0.15) is 0 Å². The third-order valence-corrected chi connectivity index (χ3v) is 4.16. The van der Waals surface area contributed by atoms with Crippen molar-refractivity contribution < 1.29 is 19.4 Å². The van der Waals surface area contributed by atoms with Crippen molar-refractivity contribution in [2.75, 3.05) is 7.11 Å². The summed E-state index contributed by atoms with van der Waals surface area (Å²) in [6.45, 7) is 6.38. The number of hydrogen-bond acceptors (Lipinski definition) is 4. The van der Waals surface area contributed by atoms with Gasteiger partial charge in [0.15, 0.2) is 0 Å². The number of carbonyl (C=O) groups is 1. The first-order valence-electron chi connectivity index (χ1n) is 6.24. The van der Waals surface area contributed by atoms with Crippen LogP contribution < -0.4 is 0 Å². The van der Waals surface area contributed by atoms with Gasteiger partial charge >= 0.3 is 5.97 Å². The van der Waals surface area contributed by atoms with Crippen molar-refractivity contribution in [2.45, 2.75) is 50.3 Å². The molecule has 4 atom stereocenters. The average Bonchev–Trinajstić information content (AvgIpc) is 3.02. The summed E-state index contributed by atoms with van der Waals surface area (Å²) < 4.78 is 10.2. The highest BCUT2D eigenvalue weighted by Gasteiger charge is 2.57. The van der Waals surface area contributed by atoms with Gasteiger partial charge in [-0.05, 0) is 0 Å². The average molecular weight is 268 g/mol. The first-order chi connectivity index (χ1) is 8.24. The Morgan fingerprint density at radius 1 is 1.44 bits per heavy atom. The fourth-order valence-corrected chi connectivity index (χ4v) is 2.95. The van der Waals surface area contributed by atoms with Gasteiger partial charge in [-0.15, -0.1) is 5.54 Å². The van der Waals surface area contributed by atoms with E-state index < -0.39 is 13.7 Å². The van der Waals surface area contributed by atoms with E-state index in [0.717, 1.165) is 0 Å². The lowest BCUT2D eigenvalue weighted by Gasteiger charge is -2.29. The number of hydrogen-bond donors (Lipinski definition) is 1. The number of epoxide rings is 1. The maximum absolute atomic E-state index is 11.6. The predicted molar refractivity (Wildman–Crippen MR) is 69.5 cm³/mol. The Hall–Kier alpha value is -0.833. The highest BCUT2D eigenvalue weighted by molar-refractivity contribution is 6.83. The molecule has 18 heavy (non-hydrogen) atoms. The minimum Gasteiger partial charge on any atom is -0.469 e. The van der Waals surface area contributed by atoms with E-state index >= 15 is 0 Å². The van der Waals surface area contributed by atoms with E-state index in [0.29, 0.717) is 12.8 Å². The van der Waals surface area contributed by atoms with E-state index in [-0.39, 0.29) is 24.1 Å². The molecule has 0 spiro atoms. The fourth-order valence-electron chi connectivity index (χ4n) is 2.35. The Bertz CT molecular complexity index is 417. The van der Waals surface area contributed by atoms with Gasteiger partial charge in [-0.25, -0.2) is 0 Å². The molecule has 2 rings (SSSR count). The molecule has 0 radical (unpaired) electrons. The molecule has 2 fully saturated rings. The van der Waals surface area contributed by atoms with E-state index in [1.807, 2.05) is 0 Å². The van der Waals surface area contributed by atoms with E-state index in [1.54, 1.807) is 0 Å². The largest absolute Gasteiger partial charge is 0.469 e. The lowest BCUT2D eigenvalue weighted by molar-refractivity contribution is -0.148. The summed E-state index contributed by atoms with van der Waals surface area (Å²) in [6.07, 6.45) is 0.705. The number of rotatable bonds is 1. The van der Waals surface area contributed by atoms with Gasteiger partial charge in [-0.3, -0.25) is 4.79 Å². The molecule has 1 N–H and O–H groups in total. The summed E-state index contributed by atoms with van der Waals surface area (Å²) in [4.78, 5) is 11.6. The van der Waals surface area contributed by atoms with Gasteiger partial charge < -0.3 is 14.6 Å². The van der Waals surface area contributed by atoms with E-state index in [1.165, 1.54) is 7.11 Å². The van der Waals surface area contributed by atoms with Gasteiger partial charge in [0.1, 0.15) is 13.7 Å². The molecule has 4 nitrogen and oxygen atoms in total. The first-order valence-corrected chi connectivity index (χ1v) is 9.74. The van der Waals surface area contributed by atoms with Crippen LogP contribution in [-0.4, -0.2) is 44.1 Å². The second-order valence-electron chi connectivity index (χ2n) is 6.21. The summed E-state index contributed by atoms with van der Waals surface area (Å²) in [5.41, 5.74) is 2.08. The molecular formula is C13H20O4Si. The molecule has 1 saturated carbocycles. The third kappa shape index (κ3) is 2.94. The molecule has 0 aromatic carbocycles. The molecule has 1 aliphatic carbocycles. The smallest absolute Gasteiger partial charge is 0.311 e. The highest BCUT2D eigenvalue weighted by Crippen LogP contribution is 2.45. The predicted octanol–water partition coefficient (Wildman–Crippen LogP) is 0.949. The maximum Gasteiger partial charge on any atom is 0.311 e. The van der Waals surface area contributed by atoms with Crippen LogP contribution in [0.1, 0.15) is 12.8 Å². The van der Waals surface area contributed by atoms with Gasteiger partial charge in [-0.1, -0.05) is 25.6 Å². The SMILES string of the molecule is COC(=O)[C@H]1C[C@@](O)(C#C[Si](C)(C)C)CC2OC21. The quantitative estimate of drug-likeness (QED) is 0.333. The molecule has 0 amide bonds. The molecule has 1 saturated heterocycles. The Morgan fingerprint density at radius 2 is 2.11 bits per heavy atom. The zero-order valence-corrected chi connectivity index (χ0v) is 12.3. The van der Waals surface area contributed by atoms with Gasteiger partial charge in [0.05, 0.1) is 25.2 Å². The summed E-state index contributed by atoms with van der Waals surface area (Å²) in [5, 5.41) is 10.5. The Balaban J connectivity index is 2.14. The second-order valence-corrected chi connectivity index (χ2v) is 11.0. The molecular weight excluding hydrogens is 248 g/mol. The monoisotopic (exact) mass is 268 g/mol. The van der Waals surface area contributed by atoms with Gasteiger partial charge in [0, 0.05) is 12.8 Å². The van der Waals surface area contributed by atoms with Crippen LogP contribution in [0, 0.1) is 17.4 Å². The van der Waals surface area contributed by atoms with Crippen LogP contribution in [0.2, 0.25) is 19.6 Å². The lowest BCUT2D eigenvalue weighted by atomic mass is 9.78. The number of fused-ring (bicyclic) bond motifs is 1. The van der Waals surface area contributed by atoms with Gasteiger partial charge in [0.25, 0.3) is 0 Å². The van der Waals surface area contributed by atoms with Crippen molar-refractivity contribution >= 4 is 14.0 Å². The van der Waals surface area contributed by atoms with Crippen molar-refractivity contribution in [2.24, 2.45) is 5.92 Å². The molecule has 2 aliphatic rings. The molecule has 2 unspecified atom stereocenters. The van der Waals surface area contributed by atoms with Crippen LogP contribution in [0.15, 0.2) is 0 Å². The van der Waals surface area contributed by atoms with Crippen LogP contribution in [0.5, 0.6) is 0 Å². The third-order valence-electron chi connectivity index (χ3n) is 3.29. The van der Waals surface area contributed by atoms with Crippen LogP contribution in [0.4, 0.5) is 0 Å². The topological polar surface area (TPSA) is 59.1 Å². The Morgan fingerprint density at radius 3 is 2.67 bits per heavy atom. The zero-order chi connectivity index (χ0) is 13.6. The normalized spacial score (nSPS) is 38.2. The maximum atomic E-state index is 11.6. The molecule has 0 aromatic rings. The fraction of sp³-hybridized carbons (Fsp3) is 0.769. The molecule has 0 bridgehead atoms. The summed E-state index contributed by atoms with van der Waals surface area (Å²) >= 11 is 0. The zero-order valence-electron chi connectivity index (χ0n) is 11.3. The van der Waals surface area contributed by atoms with Crippen LogP contribution in [0.25, 0.3) is 0 Å². The molecule has 5 heteroatoms. The van der Waals surface area contributed by atoms with Crippen molar-refractivity contribution in [3.8, 4) is 11.5 Å². The first kappa shape index (κ1) is 13.6.